The summed E-state index contributed by atoms with van der Waals surface area (Å²) < 4.78 is 5.29. The van der Waals surface area contributed by atoms with Crippen LogP contribution >= 0.6 is 11.3 Å². The van der Waals surface area contributed by atoms with Crippen molar-refractivity contribution in [1.82, 2.24) is 0 Å². The molecule has 1 aromatic heterocycles. The molecular formula is C9H13NOS. The van der Waals surface area contributed by atoms with Crippen molar-refractivity contribution in [1.29, 1.82) is 0 Å². The summed E-state index contributed by atoms with van der Waals surface area (Å²) in [7, 11) is 0. The molecule has 1 fully saturated rings. The zero-order valence-corrected chi connectivity index (χ0v) is 7.77. The summed E-state index contributed by atoms with van der Waals surface area (Å²) >= 11 is 1.73. The first-order valence-corrected chi connectivity index (χ1v) is 5.11. The predicted octanol–water partition coefficient (Wildman–Crippen LogP) is 1.41. The fourth-order valence-corrected chi connectivity index (χ4v) is 2.23. The molecule has 0 radical (unpaired) electrons. The molecule has 1 aliphatic rings. The molecule has 0 amide bonds. The first-order valence-electron chi connectivity index (χ1n) is 4.16. The molecule has 66 valence electrons. The van der Waals surface area contributed by atoms with Gasteiger partial charge in [-0.25, -0.2) is 0 Å². The molecule has 0 aliphatic carbocycles. The van der Waals surface area contributed by atoms with E-state index in [0.29, 0.717) is 6.61 Å². The number of ether oxygens (including phenoxy) is 1. The molecule has 2 rings (SSSR count). The van der Waals surface area contributed by atoms with Crippen LogP contribution in [0.4, 0.5) is 0 Å². The van der Waals surface area contributed by atoms with E-state index in [1.165, 1.54) is 5.56 Å². The van der Waals surface area contributed by atoms with E-state index in [0.717, 1.165) is 19.4 Å². The number of nitrogens with two attached hydrogens (primary N) is 1. The topological polar surface area (TPSA) is 35.2 Å². The number of hydrogen-bond donors (Lipinski definition) is 1. The van der Waals surface area contributed by atoms with Crippen LogP contribution in [0.25, 0.3) is 0 Å². The van der Waals surface area contributed by atoms with Crippen LogP contribution in [0.3, 0.4) is 0 Å². The highest BCUT2D eigenvalue weighted by Crippen LogP contribution is 2.21. The Labute approximate surface area is 76.3 Å². The molecule has 2 N–H and O–H groups in total. The van der Waals surface area contributed by atoms with Gasteiger partial charge in [0.1, 0.15) is 0 Å². The van der Waals surface area contributed by atoms with Gasteiger partial charge in [-0.2, -0.15) is 11.3 Å². The molecule has 0 aromatic carbocycles. The van der Waals surface area contributed by atoms with Crippen molar-refractivity contribution in [2.75, 3.05) is 13.2 Å². The second-order valence-electron chi connectivity index (χ2n) is 3.47. The lowest BCUT2D eigenvalue weighted by atomic mass is 9.93. The van der Waals surface area contributed by atoms with Gasteiger partial charge in [0.2, 0.25) is 0 Å². The Kier molecular flexibility index (Phi) is 2.17. The van der Waals surface area contributed by atoms with E-state index in [2.05, 4.69) is 16.8 Å². The van der Waals surface area contributed by atoms with Crippen LogP contribution in [0.5, 0.6) is 0 Å². The van der Waals surface area contributed by atoms with Crippen molar-refractivity contribution >= 4 is 11.3 Å². The maximum Gasteiger partial charge on any atom is 0.0650 e. The number of thiophene rings is 1. The normalized spacial score (nSPS) is 29.4. The van der Waals surface area contributed by atoms with Crippen LogP contribution in [0.1, 0.15) is 12.0 Å². The lowest BCUT2D eigenvalue weighted by Gasteiger charge is -2.20. The minimum absolute atomic E-state index is 0.0962. The third-order valence-electron chi connectivity index (χ3n) is 2.27. The van der Waals surface area contributed by atoms with E-state index in [4.69, 9.17) is 10.5 Å². The Morgan fingerprint density at radius 2 is 2.58 bits per heavy atom. The van der Waals surface area contributed by atoms with Crippen molar-refractivity contribution < 1.29 is 4.74 Å². The minimum atomic E-state index is -0.0962. The molecule has 0 bridgehead atoms. The first kappa shape index (κ1) is 8.23. The average Bonchev–Trinajstić information content (AvgIpc) is 2.62. The van der Waals surface area contributed by atoms with Gasteiger partial charge in [0.15, 0.2) is 0 Å². The zero-order chi connectivity index (χ0) is 8.44. The van der Waals surface area contributed by atoms with Crippen molar-refractivity contribution in [3.05, 3.63) is 22.4 Å². The summed E-state index contributed by atoms with van der Waals surface area (Å²) in [6.07, 6.45) is 1.94. The molecule has 0 spiro atoms. The van der Waals surface area contributed by atoms with Gasteiger partial charge >= 0.3 is 0 Å². The number of rotatable bonds is 2. The van der Waals surface area contributed by atoms with E-state index >= 15 is 0 Å². The minimum Gasteiger partial charge on any atom is -0.379 e. The Morgan fingerprint density at radius 1 is 1.67 bits per heavy atom. The third kappa shape index (κ3) is 1.68. The van der Waals surface area contributed by atoms with E-state index in [1.807, 2.05) is 0 Å². The molecule has 12 heavy (non-hydrogen) atoms. The SMILES string of the molecule is NC1(Cc2ccsc2)CCOC1. The molecule has 1 aliphatic heterocycles. The fourth-order valence-electron chi connectivity index (χ4n) is 1.56. The monoisotopic (exact) mass is 183 g/mol. The molecule has 2 heterocycles. The van der Waals surface area contributed by atoms with Crippen LogP contribution in [-0.4, -0.2) is 18.8 Å². The molecule has 2 nitrogen and oxygen atoms in total. The highest BCUT2D eigenvalue weighted by atomic mass is 32.1. The quantitative estimate of drug-likeness (QED) is 0.752. The molecule has 0 saturated carbocycles. The second-order valence-corrected chi connectivity index (χ2v) is 4.25. The summed E-state index contributed by atoms with van der Waals surface area (Å²) in [6, 6.07) is 2.14. The predicted molar refractivity (Wildman–Crippen MR) is 50.4 cm³/mol. The van der Waals surface area contributed by atoms with E-state index in [1.54, 1.807) is 11.3 Å². The highest BCUT2D eigenvalue weighted by molar-refractivity contribution is 7.07. The van der Waals surface area contributed by atoms with Crippen LogP contribution in [0.15, 0.2) is 16.8 Å². The Balaban J connectivity index is 2.02. The van der Waals surface area contributed by atoms with Crippen molar-refractivity contribution in [2.24, 2.45) is 5.73 Å². The van der Waals surface area contributed by atoms with Gasteiger partial charge in [-0.05, 0) is 35.2 Å². The first-order chi connectivity index (χ1) is 5.79. The zero-order valence-electron chi connectivity index (χ0n) is 6.95. The summed E-state index contributed by atoms with van der Waals surface area (Å²) in [5.41, 5.74) is 7.37. The molecule has 1 unspecified atom stereocenters. The van der Waals surface area contributed by atoms with Gasteiger partial charge in [0.25, 0.3) is 0 Å². The standard InChI is InChI=1S/C9H13NOS/c10-9(2-3-11-7-9)5-8-1-4-12-6-8/h1,4,6H,2-3,5,7,10H2. The molecule has 1 saturated heterocycles. The van der Waals surface area contributed by atoms with Crippen molar-refractivity contribution in [3.63, 3.8) is 0 Å². The number of hydrogen-bond acceptors (Lipinski definition) is 3. The summed E-state index contributed by atoms with van der Waals surface area (Å²) in [6.45, 7) is 1.53. The lowest BCUT2D eigenvalue weighted by Crippen LogP contribution is -2.42. The van der Waals surface area contributed by atoms with Crippen LogP contribution in [-0.2, 0) is 11.2 Å². The van der Waals surface area contributed by atoms with Gasteiger partial charge in [-0.3, -0.25) is 0 Å². The van der Waals surface area contributed by atoms with Gasteiger partial charge in [0, 0.05) is 12.1 Å². The van der Waals surface area contributed by atoms with E-state index in [-0.39, 0.29) is 5.54 Å². The van der Waals surface area contributed by atoms with E-state index < -0.39 is 0 Å². The van der Waals surface area contributed by atoms with Crippen LogP contribution in [0, 0.1) is 0 Å². The van der Waals surface area contributed by atoms with Gasteiger partial charge in [-0.15, -0.1) is 0 Å². The Hall–Kier alpha value is -0.380. The smallest absolute Gasteiger partial charge is 0.0650 e. The van der Waals surface area contributed by atoms with Gasteiger partial charge in [0.05, 0.1) is 6.61 Å². The maximum atomic E-state index is 6.13. The summed E-state index contributed by atoms with van der Waals surface area (Å²) in [5, 5.41) is 4.25. The average molecular weight is 183 g/mol. The van der Waals surface area contributed by atoms with Crippen LogP contribution in [0.2, 0.25) is 0 Å². The summed E-state index contributed by atoms with van der Waals surface area (Å²) in [5.74, 6) is 0. The Morgan fingerprint density at radius 3 is 3.17 bits per heavy atom. The summed E-state index contributed by atoms with van der Waals surface area (Å²) in [4.78, 5) is 0. The fraction of sp³-hybridized carbons (Fsp3) is 0.556. The molecular weight excluding hydrogens is 170 g/mol. The molecule has 1 aromatic rings. The van der Waals surface area contributed by atoms with Crippen molar-refractivity contribution in [2.45, 2.75) is 18.4 Å². The van der Waals surface area contributed by atoms with E-state index in [9.17, 15) is 0 Å². The largest absolute Gasteiger partial charge is 0.379 e. The van der Waals surface area contributed by atoms with Crippen molar-refractivity contribution in [3.8, 4) is 0 Å². The van der Waals surface area contributed by atoms with Crippen LogP contribution < -0.4 is 5.73 Å². The van der Waals surface area contributed by atoms with Gasteiger partial charge < -0.3 is 10.5 Å². The highest BCUT2D eigenvalue weighted by Gasteiger charge is 2.30. The molecule has 1 atom stereocenters. The Bertz CT molecular complexity index is 239. The second kappa shape index (κ2) is 3.17. The van der Waals surface area contributed by atoms with Gasteiger partial charge in [-0.1, -0.05) is 0 Å². The molecule has 3 heteroatoms. The lowest BCUT2D eigenvalue weighted by molar-refractivity contribution is 0.178. The third-order valence-corrected chi connectivity index (χ3v) is 3.00. The maximum absolute atomic E-state index is 6.13.